The zero-order valence-corrected chi connectivity index (χ0v) is 70.6. The average molecular weight is 1630 g/mol. The molecule has 22 aromatic rings. The van der Waals surface area contributed by atoms with Crippen LogP contribution in [0, 0.1) is 0 Å². The molecule has 2 heterocycles. The molecule has 4 nitrogen and oxygen atoms in total. The van der Waals surface area contributed by atoms with Crippen molar-refractivity contribution in [3.63, 3.8) is 0 Å². The molecule has 2 aromatic heterocycles. The van der Waals surface area contributed by atoms with E-state index in [0.717, 1.165) is 56.6 Å². The minimum atomic E-state index is 1.11. The minimum absolute atomic E-state index is 1.11. The summed E-state index contributed by atoms with van der Waals surface area (Å²) >= 11 is 0. The van der Waals surface area contributed by atoms with Gasteiger partial charge in [-0.15, -0.1) is 0 Å². The summed E-state index contributed by atoms with van der Waals surface area (Å²) in [4.78, 5) is 4.59. The lowest BCUT2D eigenvalue weighted by atomic mass is 9.85. The van der Waals surface area contributed by atoms with Crippen LogP contribution in [0.4, 0.5) is 34.1 Å². The Morgan fingerprint density at radius 2 is 0.273 bits per heavy atom. The van der Waals surface area contributed by atoms with Crippen LogP contribution in [0.2, 0.25) is 0 Å². The van der Waals surface area contributed by atoms with E-state index in [1.54, 1.807) is 0 Å². The van der Waals surface area contributed by atoms with Crippen LogP contribution in [0.15, 0.2) is 534 Å². The first-order chi connectivity index (χ1) is 63.5. The molecular weight excluding hydrogens is 1550 g/mol. The average Bonchev–Trinajstić information content (AvgIpc) is 1.60. The zero-order valence-electron chi connectivity index (χ0n) is 70.6. The quantitative estimate of drug-likeness (QED) is 0.0707. The Balaban J connectivity index is 0.000000156. The summed E-state index contributed by atoms with van der Waals surface area (Å²) in [6.45, 7) is 0. The summed E-state index contributed by atoms with van der Waals surface area (Å²) in [6.07, 6.45) is 0. The lowest BCUT2D eigenvalue weighted by Gasteiger charge is -2.25. The molecule has 0 saturated heterocycles. The van der Waals surface area contributed by atoms with Crippen molar-refractivity contribution in [3.05, 3.63) is 578 Å². The predicted octanol–water partition coefficient (Wildman–Crippen LogP) is 33.2. The summed E-state index contributed by atoms with van der Waals surface area (Å²) in [5.74, 6) is 0. The van der Waals surface area contributed by atoms with Crippen LogP contribution < -0.4 is 9.80 Å². The molecule has 604 valence electrons. The van der Waals surface area contributed by atoms with Gasteiger partial charge >= 0.3 is 0 Å². The second-order valence-corrected chi connectivity index (χ2v) is 32.2. The molecule has 0 aliphatic carbocycles. The van der Waals surface area contributed by atoms with Crippen molar-refractivity contribution in [2.45, 2.75) is 0 Å². The van der Waals surface area contributed by atoms with Gasteiger partial charge in [-0.2, -0.15) is 0 Å². The maximum atomic E-state index is 2.37. The molecule has 22 rings (SSSR count). The number of fused-ring (bicyclic) bond motifs is 6. The van der Waals surface area contributed by atoms with Gasteiger partial charge in [-0.3, -0.25) is 0 Å². The topological polar surface area (TPSA) is 16.3 Å². The Hall–Kier alpha value is -16.9. The summed E-state index contributed by atoms with van der Waals surface area (Å²) in [7, 11) is 0. The summed E-state index contributed by atoms with van der Waals surface area (Å²) in [5, 5.41) is 5.08. The van der Waals surface area contributed by atoms with Gasteiger partial charge in [-0.1, -0.05) is 413 Å². The molecule has 0 atom stereocenters. The number of hydrogen-bond donors (Lipinski definition) is 0. The minimum Gasteiger partial charge on any atom is -0.311 e. The van der Waals surface area contributed by atoms with Gasteiger partial charge in [0.05, 0.1) is 22.1 Å². The summed E-state index contributed by atoms with van der Waals surface area (Å²) in [6, 6.07) is 192. The highest BCUT2D eigenvalue weighted by Crippen LogP contribution is 2.45. The van der Waals surface area contributed by atoms with E-state index < -0.39 is 0 Å². The lowest BCUT2D eigenvalue weighted by molar-refractivity contribution is 1.18. The highest BCUT2D eigenvalue weighted by molar-refractivity contribution is 6.11. The molecule has 0 bridgehead atoms. The van der Waals surface area contributed by atoms with Crippen molar-refractivity contribution in [1.82, 2.24) is 9.13 Å². The summed E-state index contributed by atoms with van der Waals surface area (Å²) < 4.78 is 4.74. The molecule has 0 saturated carbocycles. The van der Waals surface area contributed by atoms with Crippen molar-refractivity contribution in [2.24, 2.45) is 0 Å². The van der Waals surface area contributed by atoms with E-state index in [9.17, 15) is 0 Å². The van der Waals surface area contributed by atoms with E-state index in [2.05, 4.69) is 553 Å². The number of hydrogen-bond acceptors (Lipinski definition) is 2. The van der Waals surface area contributed by atoms with Crippen LogP contribution in [-0.4, -0.2) is 9.13 Å². The van der Waals surface area contributed by atoms with Crippen LogP contribution in [0.25, 0.3) is 122 Å². The number of para-hydroxylation sites is 8. The molecule has 0 N–H and O–H groups in total. The highest BCUT2D eigenvalue weighted by Gasteiger charge is 2.23. The second-order valence-electron chi connectivity index (χ2n) is 32.2. The standard InChI is InChI=1S/C62H42N2.C62H46N2/c1-3-15-47(16-4-1)61(49-31-27-43(28-32-49)45-35-39-51(40-36-45)63-57-23-11-7-19-53(57)54-20-8-12-24-58(54)63)62(48-17-5-2-6-18-48)50-33-29-44(30-34-50)46-37-41-52(42-38-46)64-59-25-13-9-21-55(59)56-22-10-14-26-60(56)64;1-7-19-51(20-8-1)61(53-35-31-47(32-36-53)49-39-43-59(44-40-49)63(55-23-11-3-12-24-55)56-25-13-4-14-26-56)62(52-21-9-2-10-22-52)54-37-33-48(34-38-54)50-41-45-60(46-42-50)64(57-27-15-5-16-28-57)58-29-17-6-18-30-58/h1-42H;1-46H. The molecule has 0 amide bonds. The zero-order chi connectivity index (χ0) is 85.3. The molecule has 0 spiro atoms. The van der Waals surface area contributed by atoms with E-state index in [-0.39, 0.29) is 0 Å². The maximum Gasteiger partial charge on any atom is 0.0541 e. The second kappa shape index (κ2) is 35.9. The van der Waals surface area contributed by atoms with Crippen LogP contribution in [0.5, 0.6) is 0 Å². The van der Waals surface area contributed by atoms with Crippen molar-refractivity contribution < 1.29 is 0 Å². The van der Waals surface area contributed by atoms with Gasteiger partial charge in [-0.25, -0.2) is 0 Å². The van der Waals surface area contributed by atoms with E-state index in [0.29, 0.717) is 0 Å². The molecule has 4 heteroatoms. The van der Waals surface area contributed by atoms with Crippen LogP contribution in [0.1, 0.15) is 44.5 Å². The first-order valence-corrected chi connectivity index (χ1v) is 43.8. The summed E-state index contributed by atoms with van der Waals surface area (Å²) in [5.41, 5.74) is 37.4. The molecular formula is C124H88N4. The van der Waals surface area contributed by atoms with E-state index in [1.165, 1.54) is 144 Å². The lowest BCUT2D eigenvalue weighted by Crippen LogP contribution is -2.09. The van der Waals surface area contributed by atoms with Crippen LogP contribution in [-0.2, 0) is 0 Å². The molecule has 128 heavy (non-hydrogen) atoms. The van der Waals surface area contributed by atoms with Gasteiger partial charge in [-0.05, 0) is 233 Å². The van der Waals surface area contributed by atoms with Crippen molar-refractivity contribution in [3.8, 4) is 55.9 Å². The Bertz CT molecular complexity index is 6980. The van der Waals surface area contributed by atoms with Crippen molar-refractivity contribution in [2.75, 3.05) is 9.80 Å². The molecule has 0 aliphatic rings. The third-order valence-electron chi connectivity index (χ3n) is 24.5. The van der Waals surface area contributed by atoms with Gasteiger partial charge in [0, 0.05) is 67.0 Å². The van der Waals surface area contributed by atoms with Gasteiger partial charge < -0.3 is 18.9 Å². The number of benzene rings is 20. The number of aromatic nitrogens is 2. The van der Waals surface area contributed by atoms with E-state index in [1.807, 2.05) is 0 Å². The Morgan fingerprint density at radius 3 is 0.477 bits per heavy atom. The first-order valence-electron chi connectivity index (χ1n) is 43.8. The van der Waals surface area contributed by atoms with Gasteiger partial charge in [0.1, 0.15) is 0 Å². The highest BCUT2D eigenvalue weighted by atomic mass is 15.1. The third-order valence-corrected chi connectivity index (χ3v) is 24.5. The van der Waals surface area contributed by atoms with Gasteiger partial charge in [0.15, 0.2) is 0 Å². The number of anilines is 6. The fourth-order valence-electron chi connectivity index (χ4n) is 18.4. The molecule has 0 unspecified atom stereocenters. The largest absolute Gasteiger partial charge is 0.311 e. The first kappa shape index (κ1) is 78.3. The van der Waals surface area contributed by atoms with E-state index in [4.69, 9.17) is 0 Å². The Labute approximate surface area is 748 Å². The van der Waals surface area contributed by atoms with Crippen molar-refractivity contribution in [1.29, 1.82) is 0 Å². The molecule has 0 radical (unpaired) electrons. The third kappa shape index (κ3) is 15.9. The normalized spacial score (nSPS) is 11.7. The number of nitrogens with zero attached hydrogens (tertiary/aromatic N) is 4. The Kier molecular flexibility index (Phi) is 22.0. The van der Waals surface area contributed by atoms with E-state index >= 15 is 0 Å². The maximum absolute atomic E-state index is 2.37. The fraction of sp³-hybridized carbons (Fsp3) is 0. The van der Waals surface area contributed by atoms with Crippen LogP contribution >= 0.6 is 0 Å². The molecule has 0 fully saturated rings. The molecule has 0 aliphatic heterocycles. The number of rotatable bonds is 20. The van der Waals surface area contributed by atoms with Crippen molar-refractivity contribution >= 4 is 100 Å². The van der Waals surface area contributed by atoms with Gasteiger partial charge in [0.2, 0.25) is 0 Å². The molecule has 20 aromatic carbocycles. The fourth-order valence-corrected chi connectivity index (χ4v) is 18.4. The predicted molar refractivity (Wildman–Crippen MR) is 541 cm³/mol. The van der Waals surface area contributed by atoms with Crippen LogP contribution in [0.3, 0.4) is 0 Å². The smallest absolute Gasteiger partial charge is 0.0541 e. The van der Waals surface area contributed by atoms with Gasteiger partial charge in [0.25, 0.3) is 0 Å². The monoisotopic (exact) mass is 1630 g/mol. The Morgan fingerprint density at radius 1 is 0.125 bits per heavy atom. The SMILES string of the molecule is c1ccc(C(=C(c2ccccc2)c2ccc(-c3ccc(-n4c5ccccc5c5ccccc54)cc3)cc2)c2ccc(-c3ccc(-n4c5ccccc5c5ccccc54)cc3)cc2)cc1.c1ccc(C(=C(c2ccccc2)c2ccc(-c3ccc(N(c4ccccc4)c4ccccc4)cc3)cc2)c2ccc(-c3ccc(N(c4ccccc4)c4ccccc4)cc3)cc2)cc1.